The summed E-state index contributed by atoms with van der Waals surface area (Å²) in [6.07, 6.45) is 2.96. The standard InChI is InChI=1S/C13H20N2O2S/c1-10-7-8-11(9-10)15-18(16,17)13-6-4-3-5-12(13)14-2/h3-6,10-11,14-15H,7-9H2,1-2H3. The van der Waals surface area contributed by atoms with Crippen LogP contribution in [0.4, 0.5) is 5.69 Å². The van der Waals surface area contributed by atoms with Crippen molar-refractivity contribution in [2.24, 2.45) is 5.92 Å². The predicted molar refractivity (Wildman–Crippen MR) is 73.1 cm³/mol. The first-order chi connectivity index (χ1) is 8.53. The largest absolute Gasteiger partial charge is 0.387 e. The summed E-state index contributed by atoms with van der Waals surface area (Å²) in [4.78, 5) is 0.326. The molecule has 2 unspecified atom stereocenters. The molecular formula is C13H20N2O2S. The maximum absolute atomic E-state index is 12.3. The highest BCUT2D eigenvalue weighted by Crippen LogP contribution is 2.27. The Morgan fingerprint density at radius 3 is 2.56 bits per heavy atom. The molecule has 0 spiro atoms. The topological polar surface area (TPSA) is 58.2 Å². The van der Waals surface area contributed by atoms with Crippen LogP contribution in [0.25, 0.3) is 0 Å². The van der Waals surface area contributed by atoms with Crippen LogP contribution in [0.3, 0.4) is 0 Å². The quantitative estimate of drug-likeness (QED) is 0.880. The Labute approximate surface area is 109 Å². The first-order valence-electron chi connectivity index (χ1n) is 6.32. The number of benzene rings is 1. The molecule has 0 radical (unpaired) electrons. The normalized spacial score (nSPS) is 24.1. The van der Waals surface area contributed by atoms with Crippen LogP contribution in [-0.2, 0) is 10.0 Å². The molecule has 4 nitrogen and oxygen atoms in total. The Hall–Kier alpha value is -1.07. The van der Waals surface area contributed by atoms with Gasteiger partial charge in [0.1, 0.15) is 4.90 Å². The van der Waals surface area contributed by atoms with Gasteiger partial charge in [-0.1, -0.05) is 19.1 Å². The molecule has 1 aromatic carbocycles. The lowest BCUT2D eigenvalue weighted by atomic mass is 10.1. The van der Waals surface area contributed by atoms with E-state index in [1.54, 1.807) is 25.2 Å². The van der Waals surface area contributed by atoms with E-state index in [2.05, 4.69) is 17.0 Å². The van der Waals surface area contributed by atoms with Gasteiger partial charge in [-0.05, 0) is 37.3 Å². The first kappa shape index (κ1) is 13.4. The summed E-state index contributed by atoms with van der Waals surface area (Å²) in [6.45, 7) is 2.16. The second-order valence-corrected chi connectivity index (χ2v) is 6.66. The van der Waals surface area contributed by atoms with E-state index in [0.29, 0.717) is 16.5 Å². The summed E-state index contributed by atoms with van der Waals surface area (Å²) >= 11 is 0. The van der Waals surface area contributed by atoms with Gasteiger partial charge in [0.25, 0.3) is 0 Å². The van der Waals surface area contributed by atoms with Crippen molar-refractivity contribution in [3.63, 3.8) is 0 Å². The summed E-state index contributed by atoms with van der Waals surface area (Å²) in [7, 11) is -1.69. The van der Waals surface area contributed by atoms with E-state index in [1.165, 1.54) is 0 Å². The third-order valence-electron chi connectivity index (χ3n) is 3.46. The van der Waals surface area contributed by atoms with Crippen LogP contribution in [0.1, 0.15) is 26.2 Å². The minimum Gasteiger partial charge on any atom is -0.387 e. The number of nitrogens with one attached hydrogen (secondary N) is 2. The lowest BCUT2D eigenvalue weighted by Crippen LogP contribution is -2.33. The molecule has 0 bridgehead atoms. The lowest BCUT2D eigenvalue weighted by molar-refractivity contribution is 0.538. The highest BCUT2D eigenvalue weighted by atomic mass is 32.2. The molecule has 0 aliphatic heterocycles. The van der Waals surface area contributed by atoms with Gasteiger partial charge in [0.05, 0.1) is 5.69 Å². The molecule has 100 valence electrons. The predicted octanol–water partition coefficient (Wildman–Crippen LogP) is 2.20. The molecule has 1 aliphatic carbocycles. The van der Waals surface area contributed by atoms with Crippen LogP contribution >= 0.6 is 0 Å². The van der Waals surface area contributed by atoms with Crippen LogP contribution < -0.4 is 10.0 Å². The highest BCUT2D eigenvalue weighted by molar-refractivity contribution is 7.89. The molecule has 1 saturated carbocycles. The molecule has 2 rings (SSSR count). The number of hydrogen-bond acceptors (Lipinski definition) is 3. The summed E-state index contributed by atoms with van der Waals surface area (Å²) in [5.74, 6) is 0.609. The van der Waals surface area contributed by atoms with Crippen LogP contribution in [0.15, 0.2) is 29.2 Å². The van der Waals surface area contributed by atoms with E-state index in [4.69, 9.17) is 0 Å². The summed E-state index contributed by atoms with van der Waals surface area (Å²) in [6, 6.07) is 7.04. The third kappa shape index (κ3) is 2.84. The maximum atomic E-state index is 12.3. The molecule has 18 heavy (non-hydrogen) atoms. The van der Waals surface area contributed by atoms with Crippen molar-refractivity contribution in [2.75, 3.05) is 12.4 Å². The third-order valence-corrected chi connectivity index (χ3v) is 5.04. The van der Waals surface area contributed by atoms with Crippen molar-refractivity contribution in [3.8, 4) is 0 Å². The average molecular weight is 268 g/mol. The van der Waals surface area contributed by atoms with E-state index < -0.39 is 10.0 Å². The second-order valence-electron chi connectivity index (χ2n) is 4.98. The Bertz CT molecular complexity index is 513. The lowest BCUT2D eigenvalue weighted by Gasteiger charge is -2.15. The fourth-order valence-electron chi connectivity index (χ4n) is 2.50. The smallest absolute Gasteiger partial charge is 0.242 e. The molecule has 0 saturated heterocycles. The Morgan fingerprint density at radius 1 is 1.22 bits per heavy atom. The molecule has 1 aliphatic rings. The van der Waals surface area contributed by atoms with Gasteiger partial charge in [-0.2, -0.15) is 0 Å². The van der Waals surface area contributed by atoms with Crippen LogP contribution in [0.2, 0.25) is 0 Å². The van der Waals surface area contributed by atoms with Crippen molar-refractivity contribution >= 4 is 15.7 Å². The van der Waals surface area contributed by atoms with Crippen LogP contribution in [0, 0.1) is 5.92 Å². The van der Waals surface area contributed by atoms with E-state index >= 15 is 0 Å². The minimum absolute atomic E-state index is 0.0786. The molecular weight excluding hydrogens is 248 g/mol. The van der Waals surface area contributed by atoms with Gasteiger partial charge in [0.2, 0.25) is 10.0 Å². The first-order valence-corrected chi connectivity index (χ1v) is 7.80. The van der Waals surface area contributed by atoms with Gasteiger partial charge in [0, 0.05) is 13.1 Å². The summed E-state index contributed by atoms with van der Waals surface area (Å²) < 4.78 is 27.5. The van der Waals surface area contributed by atoms with Crippen LogP contribution in [0.5, 0.6) is 0 Å². The van der Waals surface area contributed by atoms with Gasteiger partial charge in [0.15, 0.2) is 0 Å². The second kappa shape index (κ2) is 5.28. The van der Waals surface area contributed by atoms with E-state index in [0.717, 1.165) is 19.3 Å². The van der Waals surface area contributed by atoms with Crippen molar-refractivity contribution in [2.45, 2.75) is 37.1 Å². The Balaban J connectivity index is 2.20. The fraction of sp³-hybridized carbons (Fsp3) is 0.538. The van der Waals surface area contributed by atoms with E-state index in [1.807, 2.05) is 6.07 Å². The van der Waals surface area contributed by atoms with Crippen molar-refractivity contribution in [1.29, 1.82) is 0 Å². The summed E-state index contributed by atoms with van der Waals surface area (Å²) in [5.41, 5.74) is 0.635. The van der Waals surface area contributed by atoms with E-state index in [-0.39, 0.29) is 6.04 Å². The zero-order valence-electron chi connectivity index (χ0n) is 10.8. The van der Waals surface area contributed by atoms with Gasteiger partial charge < -0.3 is 5.32 Å². The fourth-order valence-corrected chi connectivity index (χ4v) is 4.00. The molecule has 1 fully saturated rings. The van der Waals surface area contributed by atoms with E-state index in [9.17, 15) is 8.42 Å². The highest BCUT2D eigenvalue weighted by Gasteiger charge is 2.27. The Morgan fingerprint density at radius 2 is 1.94 bits per heavy atom. The zero-order valence-corrected chi connectivity index (χ0v) is 11.6. The average Bonchev–Trinajstić information content (AvgIpc) is 2.74. The molecule has 0 heterocycles. The SMILES string of the molecule is CNc1ccccc1S(=O)(=O)NC1CCC(C)C1. The van der Waals surface area contributed by atoms with Crippen molar-refractivity contribution in [1.82, 2.24) is 4.72 Å². The number of para-hydroxylation sites is 1. The molecule has 0 amide bonds. The minimum atomic E-state index is -3.42. The Kier molecular flexibility index (Phi) is 3.92. The van der Waals surface area contributed by atoms with Gasteiger partial charge >= 0.3 is 0 Å². The molecule has 5 heteroatoms. The van der Waals surface area contributed by atoms with Crippen molar-refractivity contribution < 1.29 is 8.42 Å². The van der Waals surface area contributed by atoms with Crippen molar-refractivity contribution in [3.05, 3.63) is 24.3 Å². The van der Waals surface area contributed by atoms with Crippen LogP contribution in [-0.4, -0.2) is 21.5 Å². The number of sulfonamides is 1. The molecule has 2 atom stereocenters. The number of rotatable bonds is 4. The maximum Gasteiger partial charge on any atom is 0.242 e. The monoisotopic (exact) mass is 268 g/mol. The number of anilines is 1. The molecule has 1 aromatic rings. The van der Waals surface area contributed by atoms with Gasteiger partial charge in [-0.25, -0.2) is 13.1 Å². The molecule has 0 aromatic heterocycles. The zero-order chi connectivity index (χ0) is 13.2. The van der Waals surface area contributed by atoms with Gasteiger partial charge in [-0.15, -0.1) is 0 Å². The summed E-state index contributed by atoms with van der Waals surface area (Å²) in [5, 5.41) is 2.92. The molecule has 2 N–H and O–H groups in total. The number of hydrogen-bond donors (Lipinski definition) is 2. The van der Waals surface area contributed by atoms with Gasteiger partial charge in [-0.3, -0.25) is 0 Å².